The summed E-state index contributed by atoms with van der Waals surface area (Å²) >= 11 is 0. The first-order valence-corrected chi connectivity index (χ1v) is 31.6. The number of hydrogen-bond donors (Lipinski definition) is 1. The van der Waals surface area contributed by atoms with Crippen LogP contribution in [0.5, 0.6) is 0 Å². The number of rotatable bonds is 0. The predicted molar refractivity (Wildman–Crippen MR) is 288 cm³/mol. The molecule has 0 aromatic carbocycles. The molecule has 12 aliphatic carbocycles. The first-order valence-electron chi connectivity index (χ1n) is 31.6. The topological polar surface area (TPSA) is 39.7 Å². The highest BCUT2D eigenvalue weighted by Crippen LogP contribution is 2.62. The fraction of sp³-hybridized carbons (Fsp3) is 1.00. The summed E-state index contributed by atoms with van der Waals surface area (Å²) in [5, 5.41) is 11.6. The Morgan fingerprint density at radius 3 is 1.08 bits per heavy atom. The molecular formula is C63H103F5N6O. The average molecular weight is 1060 g/mol. The SMILES string of the molecule is CC12CC3CC(CC(C3)N1O)C2.CN1C2(C)CC3CC(C2)CC1(C)C3.CN1C2CC3(F)CC(F)(C2)CC1(C)C3.CN1C2CC3(F)CC1CC(F)(C2)C3.CN1C2CC3CC(C2)CC1(F)C3.CN1C2CC3CC(C2)CC1C3. The Kier molecular flexibility index (Phi) is 12.8. The maximum Gasteiger partial charge on any atom is 0.164 e. The largest absolute Gasteiger partial charge is 0.313 e. The lowest BCUT2D eigenvalue weighted by Crippen LogP contribution is -2.71. The van der Waals surface area contributed by atoms with Gasteiger partial charge in [-0.05, 0) is 290 Å². The van der Waals surface area contributed by atoms with Crippen LogP contribution in [0.1, 0.15) is 220 Å². The third kappa shape index (κ3) is 9.40. The van der Waals surface area contributed by atoms with Crippen molar-refractivity contribution < 1.29 is 27.2 Å². The van der Waals surface area contributed by atoms with Crippen molar-refractivity contribution in [3.05, 3.63) is 0 Å². The zero-order valence-corrected chi connectivity index (χ0v) is 48.4. The number of halogens is 5. The molecule has 12 saturated carbocycles. The molecule has 12 aliphatic heterocycles. The Hall–Kier alpha value is -0.630. The molecule has 426 valence electrons. The van der Waals surface area contributed by atoms with Crippen molar-refractivity contribution in [1.82, 2.24) is 29.6 Å². The van der Waals surface area contributed by atoms with Crippen LogP contribution < -0.4 is 0 Å². The molecule has 75 heavy (non-hydrogen) atoms. The van der Waals surface area contributed by atoms with Crippen molar-refractivity contribution in [2.24, 2.45) is 47.3 Å². The van der Waals surface area contributed by atoms with E-state index < -0.39 is 28.5 Å². The van der Waals surface area contributed by atoms with Crippen LogP contribution in [0.15, 0.2) is 0 Å². The molecule has 0 aromatic heterocycles. The molecule has 24 aliphatic rings. The normalized spacial score (nSPS) is 59.2. The van der Waals surface area contributed by atoms with Gasteiger partial charge in [0.2, 0.25) is 0 Å². The molecule has 24 rings (SSSR count). The highest BCUT2D eigenvalue weighted by molar-refractivity contribution is 5.19. The van der Waals surface area contributed by atoms with Crippen molar-refractivity contribution >= 4 is 0 Å². The van der Waals surface area contributed by atoms with Crippen LogP contribution in [0, 0.1) is 47.3 Å². The number of nitrogens with zero attached hydrogens (tertiary/aromatic N) is 6. The van der Waals surface area contributed by atoms with Gasteiger partial charge in [-0.3, -0.25) is 19.6 Å². The smallest absolute Gasteiger partial charge is 0.164 e. The first kappa shape index (κ1) is 53.7. The van der Waals surface area contributed by atoms with E-state index in [9.17, 15) is 27.2 Å². The summed E-state index contributed by atoms with van der Waals surface area (Å²) < 4.78 is 70.8. The zero-order valence-electron chi connectivity index (χ0n) is 48.4. The highest BCUT2D eigenvalue weighted by Gasteiger charge is 2.66. The maximum absolute atomic E-state index is 14.3. The van der Waals surface area contributed by atoms with E-state index in [0.29, 0.717) is 86.4 Å². The first-order chi connectivity index (χ1) is 35.0. The summed E-state index contributed by atoms with van der Waals surface area (Å²) in [5.41, 5.74) is -3.75. The second-order valence-electron chi connectivity index (χ2n) is 32.9. The van der Waals surface area contributed by atoms with E-state index in [4.69, 9.17) is 0 Å². The second-order valence-corrected chi connectivity index (χ2v) is 32.9. The van der Waals surface area contributed by atoms with Crippen LogP contribution in [-0.4, -0.2) is 163 Å². The molecule has 1 N–H and O–H groups in total. The Morgan fingerprint density at radius 2 is 0.653 bits per heavy atom. The van der Waals surface area contributed by atoms with E-state index in [1.54, 1.807) is 17.9 Å². The lowest BCUT2D eigenvalue weighted by atomic mass is 9.54. The second kappa shape index (κ2) is 17.9. The number of piperidine rings is 12. The fourth-order valence-electron chi connectivity index (χ4n) is 24.3. The summed E-state index contributed by atoms with van der Waals surface area (Å²) in [5.74, 6) is 6.72. The average Bonchev–Trinajstić information content (AvgIpc) is 3.27. The molecule has 6 unspecified atom stereocenters. The van der Waals surface area contributed by atoms with Gasteiger partial charge in [0.1, 0.15) is 22.7 Å². The van der Waals surface area contributed by atoms with Gasteiger partial charge in [-0.1, -0.05) is 0 Å². The van der Waals surface area contributed by atoms with E-state index in [-0.39, 0.29) is 42.0 Å². The summed E-state index contributed by atoms with van der Waals surface area (Å²) in [6.45, 7) is 9.23. The molecule has 24 fully saturated rings. The quantitative estimate of drug-likeness (QED) is 0.191. The molecule has 12 heteroatoms. The summed E-state index contributed by atoms with van der Waals surface area (Å²) in [6, 6.07) is 3.48. The van der Waals surface area contributed by atoms with E-state index in [0.717, 1.165) is 60.4 Å². The Morgan fingerprint density at radius 1 is 0.307 bits per heavy atom. The van der Waals surface area contributed by atoms with Crippen molar-refractivity contribution in [3.63, 3.8) is 0 Å². The number of hydroxylamine groups is 2. The highest BCUT2D eigenvalue weighted by atomic mass is 19.2. The number of alkyl halides is 5. The Bertz CT molecular complexity index is 1970. The van der Waals surface area contributed by atoms with Crippen molar-refractivity contribution in [2.75, 3.05) is 35.2 Å². The van der Waals surface area contributed by atoms with Gasteiger partial charge in [0.05, 0.1) is 0 Å². The van der Waals surface area contributed by atoms with E-state index >= 15 is 0 Å². The van der Waals surface area contributed by atoms with Crippen molar-refractivity contribution in [2.45, 2.75) is 313 Å². The molecule has 0 radical (unpaired) electrons. The van der Waals surface area contributed by atoms with Crippen molar-refractivity contribution in [3.8, 4) is 0 Å². The molecule has 6 atom stereocenters. The molecule has 24 bridgehead atoms. The predicted octanol–water partition coefficient (Wildman–Crippen LogP) is 13.3. The van der Waals surface area contributed by atoms with E-state index in [2.05, 4.69) is 54.5 Å². The lowest BCUT2D eigenvalue weighted by molar-refractivity contribution is -0.269. The summed E-state index contributed by atoms with van der Waals surface area (Å²) in [7, 11) is 10.7. The molecule has 0 amide bonds. The maximum atomic E-state index is 14.3. The molecule has 12 saturated heterocycles. The molecule has 0 aromatic rings. The Labute approximate surface area is 450 Å². The van der Waals surface area contributed by atoms with Gasteiger partial charge in [0.15, 0.2) is 5.79 Å². The molecule has 12 heterocycles. The van der Waals surface area contributed by atoms with Gasteiger partial charge >= 0.3 is 0 Å². The van der Waals surface area contributed by atoms with E-state index in [1.165, 1.54) is 103 Å². The molecule has 0 spiro atoms. The van der Waals surface area contributed by atoms with Gasteiger partial charge < -0.3 is 10.1 Å². The van der Waals surface area contributed by atoms with Gasteiger partial charge in [-0.25, -0.2) is 22.0 Å². The summed E-state index contributed by atoms with van der Waals surface area (Å²) in [6.07, 6.45) is 31.6. The third-order valence-electron chi connectivity index (χ3n) is 26.8. The van der Waals surface area contributed by atoms with E-state index in [1.807, 2.05) is 33.0 Å². The van der Waals surface area contributed by atoms with Crippen LogP contribution in [0.25, 0.3) is 0 Å². The van der Waals surface area contributed by atoms with Crippen molar-refractivity contribution in [1.29, 1.82) is 0 Å². The van der Waals surface area contributed by atoms with Gasteiger partial charge in [-0.15, -0.1) is 0 Å². The molecular weight excluding hydrogens is 952 g/mol. The summed E-state index contributed by atoms with van der Waals surface area (Å²) in [4.78, 5) is 11.8. The minimum Gasteiger partial charge on any atom is -0.313 e. The van der Waals surface area contributed by atoms with Gasteiger partial charge in [0.25, 0.3) is 0 Å². The third-order valence-corrected chi connectivity index (χ3v) is 26.8. The van der Waals surface area contributed by atoms with Crippen LogP contribution in [-0.2, 0) is 0 Å². The van der Waals surface area contributed by atoms with Crippen LogP contribution in [0.3, 0.4) is 0 Å². The van der Waals surface area contributed by atoms with Gasteiger partial charge in [0, 0.05) is 77.3 Å². The zero-order chi connectivity index (χ0) is 52.8. The standard InChI is InChI=1S/C12H21N.C11H17F2N.C10H15F2N.C10H16FN.C10H17NO.C10H17N/c1-11-5-9-4-10(6-11)8-12(2,7-9)13(11)3;1-9-5-10(12)3-8(14(9)2)4-11(13,6-9)7-10;1-13-7-2-9(11)4-8(13)5-10(12,3-7)6-9;1-12-9-3-7-2-8(4-9)6-10(12,11)5-7;1-10-5-7-2-8(6-10)4-9(3-7)11(10)12;1-11-9-3-7-2-8(5-9)6-10(11)4-7/h9-10H,4-8H2,1-3H3;8H,3-7H2,1-2H3;7-8H,2-6H2,1H3;7-9H,2-6H2,1H3;7-9,12H,2-6H2,1H3;7-10H,2-6H2,1H3. The minimum atomic E-state index is -1.21. The van der Waals surface area contributed by atoms with Crippen LogP contribution in [0.2, 0.25) is 0 Å². The van der Waals surface area contributed by atoms with Gasteiger partial charge in [-0.2, -0.15) is 5.06 Å². The Balaban J connectivity index is 0.0000000866. The fourth-order valence-corrected chi connectivity index (χ4v) is 24.3. The lowest BCUT2D eigenvalue weighted by Gasteiger charge is -2.66. The minimum absolute atomic E-state index is 0.131. The molecule has 7 nitrogen and oxygen atoms in total. The van der Waals surface area contributed by atoms with Crippen LogP contribution >= 0.6 is 0 Å². The monoisotopic (exact) mass is 1050 g/mol. The number of hydrogen-bond acceptors (Lipinski definition) is 7. The van der Waals surface area contributed by atoms with Crippen LogP contribution in [0.4, 0.5) is 22.0 Å².